The fourth-order valence-electron chi connectivity index (χ4n) is 1.96. The minimum Gasteiger partial charge on any atom is -0.497 e. The van der Waals surface area contributed by atoms with Gasteiger partial charge in [-0.05, 0) is 59.8 Å². The molecule has 2 aromatic carbocycles. The molecule has 0 atom stereocenters. The van der Waals surface area contributed by atoms with Gasteiger partial charge < -0.3 is 10.1 Å². The van der Waals surface area contributed by atoms with Crippen LogP contribution in [0.4, 0.5) is 5.69 Å². The van der Waals surface area contributed by atoms with Crippen molar-refractivity contribution in [2.45, 2.75) is 0 Å². The zero-order chi connectivity index (χ0) is 16.2. The van der Waals surface area contributed by atoms with E-state index in [1.807, 2.05) is 54.6 Å². The number of carbonyl (C=O) groups is 1. The predicted octanol–water partition coefficient (Wildman–Crippen LogP) is 4.35. The Hall–Kier alpha value is -2.05. The molecule has 0 saturated carbocycles. The number of nitrogens with zero attached hydrogens (tertiary/aromatic N) is 1. The number of hydrogen-bond acceptors (Lipinski definition) is 4. The summed E-state index contributed by atoms with van der Waals surface area (Å²) in [6.07, 6.45) is 1.84. The largest absolute Gasteiger partial charge is 0.497 e. The molecular weight excluding hydrogens is 376 g/mol. The molecule has 0 aliphatic carbocycles. The van der Waals surface area contributed by atoms with Gasteiger partial charge in [-0.3, -0.25) is 4.79 Å². The molecule has 1 N–H and O–H groups in total. The van der Waals surface area contributed by atoms with Gasteiger partial charge >= 0.3 is 0 Å². The number of thioether (sulfide) groups is 1. The van der Waals surface area contributed by atoms with Crippen molar-refractivity contribution in [3.63, 3.8) is 0 Å². The fourth-order valence-corrected chi connectivity index (χ4v) is 3.07. The Labute approximate surface area is 146 Å². The number of benzene rings is 2. The van der Waals surface area contributed by atoms with Crippen molar-refractivity contribution in [3.8, 4) is 5.75 Å². The summed E-state index contributed by atoms with van der Waals surface area (Å²) in [5.74, 6) is 0.648. The molecule has 1 aliphatic rings. The van der Waals surface area contributed by atoms with Crippen LogP contribution in [0.25, 0.3) is 6.08 Å². The van der Waals surface area contributed by atoms with Crippen LogP contribution in [0.3, 0.4) is 0 Å². The van der Waals surface area contributed by atoms with Gasteiger partial charge in [-0.25, -0.2) is 4.99 Å². The lowest BCUT2D eigenvalue weighted by molar-refractivity contribution is -0.115. The molecule has 4 nitrogen and oxygen atoms in total. The average molecular weight is 389 g/mol. The number of ether oxygens (including phenoxy) is 1. The lowest BCUT2D eigenvalue weighted by Crippen LogP contribution is -2.19. The molecule has 3 rings (SSSR count). The van der Waals surface area contributed by atoms with E-state index >= 15 is 0 Å². The van der Waals surface area contributed by atoms with Gasteiger partial charge in [0.2, 0.25) is 0 Å². The Bertz CT molecular complexity index is 783. The maximum absolute atomic E-state index is 12.0. The molecule has 6 heteroatoms. The molecule has 0 spiro atoms. The van der Waals surface area contributed by atoms with Crippen LogP contribution in [0, 0.1) is 0 Å². The normalized spacial score (nSPS) is 17.6. The number of halogens is 1. The Morgan fingerprint density at radius 1 is 1.13 bits per heavy atom. The van der Waals surface area contributed by atoms with Crippen molar-refractivity contribution in [1.82, 2.24) is 5.32 Å². The summed E-state index contributed by atoms with van der Waals surface area (Å²) in [5.41, 5.74) is 1.73. The molecule has 23 heavy (non-hydrogen) atoms. The second-order valence-electron chi connectivity index (χ2n) is 4.73. The van der Waals surface area contributed by atoms with Gasteiger partial charge in [0.25, 0.3) is 5.91 Å². The standard InChI is InChI=1S/C17H13BrN2O2S/c1-22-14-8-2-11(3-9-14)10-15-16(21)20-17(23-15)19-13-6-4-12(18)5-7-13/h2-10H,1H3,(H,19,20,21)/b15-10-. The van der Waals surface area contributed by atoms with Crippen molar-refractivity contribution in [2.24, 2.45) is 4.99 Å². The first-order valence-electron chi connectivity index (χ1n) is 6.83. The monoisotopic (exact) mass is 388 g/mol. The number of rotatable bonds is 3. The van der Waals surface area contributed by atoms with Gasteiger partial charge in [0, 0.05) is 4.47 Å². The fraction of sp³-hybridized carbons (Fsp3) is 0.0588. The zero-order valence-electron chi connectivity index (χ0n) is 12.2. The van der Waals surface area contributed by atoms with Gasteiger partial charge in [-0.2, -0.15) is 0 Å². The van der Waals surface area contributed by atoms with E-state index in [2.05, 4.69) is 26.2 Å². The van der Waals surface area contributed by atoms with Crippen LogP contribution in [-0.4, -0.2) is 18.2 Å². The van der Waals surface area contributed by atoms with E-state index in [-0.39, 0.29) is 5.91 Å². The zero-order valence-corrected chi connectivity index (χ0v) is 14.6. The molecule has 0 radical (unpaired) electrons. The van der Waals surface area contributed by atoms with Gasteiger partial charge in [0.05, 0.1) is 17.7 Å². The first-order chi connectivity index (χ1) is 11.1. The second-order valence-corrected chi connectivity index (χ2v) is 6.68. The number of carbonyl (C=O) groups excluding carboxylic acids is 1. The average Bonchev–Trinajstić information content (AvgIpc) is 2.90. The molecule has 0 unspecified atom stereocenters. The van der Waals surface area contributed by atoms with E-state index in [9.17, 15) is 4.79 Å². The Morgan fingerprint density at radius 2 is 1.83 bits per heavy atom. The minimum atomic E-state index is -0.137. The van der Waals surface area contributed by atoms with Gasteiger partial charge in [-0.1, -0.05) is 28.1 Å². The molecular formula is C17H13BrN2O2S. The van der Waals surface area contributed by atoms with Crippen molar-refractivity contribution >= 4 is 50.5 Å². The Balaban J connectivity index is 1.78. The van der Waals surface area contributed by atoms with E-state index in [4.69, 9.17) is 4.74 Å². The third-order valence-electron chi connectivity index (χ3n) is 3.12. The number of nitrogens with one attached hydrogen (secondary N) is 1. The second kappa shape index (κ2) is 7.02. The lowest BCUT2D eigenvalue weighted by atomic mass is 10.2. The molecule has 0 bridgehead atoms. The highest BCUT2D eigenvalue weighted by Gasteiger charge is 2.23. The molecule has 1 heterocycles. The summed E-state index contributed by atoms with van der Waals surface area (Å²) in [6, 6.07) is 15.1. The maximum atomic E-state index is 12.0. The first-order valence-corrected chi connectivity index (χ1v) is 8.44. The summed E-state index contributed by atoms with van der Waals surface area (Å²) in [6.45, 7) is 0. The highest BCUT2D eigenvalue weighted by Crippen LogP contribution is 2.28. The van der Waals surface area contributed by atoms with Crippen LogP contribution in [0.1, 0.15) is 5.56 Å². The van der Waals surface area contributed by atoms with Crippen LogP contribution in [0.2, 0.25) is 0 Å². The maximum Gasteiger partial charge on any atom is 0.264 e. The lowest BCUT2D eigenvalue weighted by Gasteiger charge is -1.99. The van der Waals surface area contributed by atoms with E-state index in [0.717, 1.165) is 21.5 Å². The van der Waals surface area contributed by atoms with Crippen LogP contribution in [0.15, 0.2) is 62.9 Å². The third-order valence-corrected chi connectivity index (χ3v) is 4.56. The van der Waals surface area contributed by atoms with E-state index in [0.29, 0.717) is 10.1 Å². The van der Waals surface area contributed by atoms with Crippen LogP contribution < -0.4 is 10.1 Å². The highest BCUT2D eigenvalue weighted by molar-refractivity contribution is 9.10. The molecule has 0 aromatic heterocycles. The number of aliphatic imine (C=N–C) groups is 1. The number of hydrogen-bond donors (Lipinski definition) is 1. The molecule has 1 amide bonds. The highest BCUT2D eigenvalue weighted by atomic mass is 79.9. The van der Waals surface area contributed by atoms with Crippen molar-refractivity contribution in [2.75, 3.05) is 7.11 Å². The molecule has 1 aliphatic heterocycles. The topological polar surface area (TPSA) is 50.7 Å². The summed E-state index contributed by atoms with van der Waals surface area (Å²) >= 11 is 4.71. The SMILES string of the molecule is COc1ccc(/C=C2\SC(=Nc3ccc(Br)cc3)NC2=O)cc1. The van der Waals surface area contributed by atoms with Crippen LogP contribution >= 0.6 is 27.7 Å². The first kappa shape index (κ1) is 15.8. The van der Waals surface area contributed by atoms with Crippen LogP contribution in [0.5, 0.6) is 5.75 Å². The van der Waals surface area contributed by atoms with Crippen molar-refractivity contribution < 1.29 is 9.53 Å². The summed E-state index contributed by atoms with van der Waals surface area (Å²) in [7, 11) is 1.62. The number of methoxy groups -OCH3 is 1. The molecule has 1 fully saturated rings. The Morgan fingerprint density at radius 3 is 2.48 bits per heavy atom. The van der Waals surface area contributed by atoms with Gasteiger partial charge in [0.1, 0.15) is 5.75 Å². The quantitative estimate of drug-likeness (QED) is 0.795. The smallest absolute Gasteiger partial charge is 0.264 e. The summed E-state index contributed by atoms with van der Waals surface area (Å²) in [5, 5.41) is 3.36. The van der Waals surface area contributed by atoms with Crippen molar-refractivity contribution in [1.29, 1.82) is 0 Å². The van der Waals surface area contributed by atoms with E-state index in [1.165, 1.54) is 11.8 Å². The van der Waals surface area contributed by atoms with Crippen molar-refractivity contribution in [3.05, 3.63) is 63.5 Å². The third kappa shape index (κ3) is 4.03. The predicted molar refractivity (Wildman–Crippen MR) is 97.9 cm³/mol. The minimum absolute atomic E-state index is 0.137. The Kier molecular flexibility index (Phi) is 4.83. The van der Waals surface area contributed by atoms with Gasteiger partial charge in [0.15, 0.2) is 5.17 Å². The van der Waals surface area contributed by atoms with Gasteiger partial charge in [-0.15, -0.1) is 0 Å². The summed E-state index contributed by atoms with van der Waals surface area (Å²) in [4.78, 5) is 17.1. The summed E-state index contributed by atoms with van der Waals surface area (Å²) < 4.78 is 6.11. The number of amides is 1. The van der Waals surface area contributed by atoms with Crippen LogP contribution in [-0.2, 0) is 4.79 Å². The molecule has 1 saturated heterocycles. The molecule has 116 valence electrons. The van der Waals surface area contributed by atoms with E-state index < -0.39 is 0 Å². The molecule has 2 aromatic rings. The number of amidine groups is 1. The van der Waals surface area contributed by atoms with E-state index in [1.54, 1.807) is 7.11 Å².